The normalized spacial score (nSPS) is 12.4. The summed E-state index contributed by atoms with van der Waals surface area (Å²) in [5.41, 5.74) is 1.05. The molecule has 3 N–H and O–H groups in total. The summed E-state index contributed by atoms with van der Waals surface area (Å²) in [6, 6.07) is 9.33. The van der Waals surface area contributed by atoms with Crippen molar-refractivity contribution in [3.05, 3.63) is 47.5 Å². The van der Waals surface area contributed by atoms with E-state index in [0.29, 0.717) is 12.2 Å². The van der Waals surface area contributed by atoms with Gasteiger partial charge in [0.25, 0.3) is 5.91 Å². The van der Waals surface area contributed by atoms with Crippen LogP contribution >= 0.6 is 0 Å². The molecule has 6 nitrogen and oxygen atoms in total. The fraction of sp³-hybridized carbons (Fsp3) is 0.400. The number of H-pyrrole nitrogens is 1. The zero-order chi connectivity index (χ0) is 15.2. The van der Waals surface area contributed by atoms with E-state index < -0.39 is 0 Å². The average Bonchev–Trinajstić information content (AvgIpc) is 2.97. The lowest BCUT2D eigenvalue weighted by Crippen LogP contribution is -2.39. The lowest BCUT2D eigenvalue weighted by Gasteiger charge is -2.15. The largest absolute Gasteiger partial charge is 0.394 e. The minimum atomic E-state index is -0.381. The Morgan fingerprint density at radius 3 is 2.62 bits per heavy atom. The smallest absolute Gasteiger partial charge is 0.291 e. The van der Waals surface area contributed by atoms with E-state index in [4.69, 9.17) is 0 Å². The van der Waals surface area contributed by atoms with Crippen LogP contribution in [0.15, 0.2) is 30.3 Å². The number of hydrogen-bond acceptors (Lipinski definition) is 4. The molecular weight excluding hydrogens is 268 g/mol. The molecule has 0 aliphatic rings. The van der Waals surface area contributed by atoms with E-state index >= 15 is 0 Å². The summed E-state index contributed by atoms with van der Waals surface area (Å²) in [4.78, 5) is 16.2. The maximum Gasteiger partial charge on any atom is 0.291 e. The summed E-state index contributed by atoms with van der Waals surface area (Å²) in [5.74, 6) is 0.569. The van der Waals surface area contributed by atoms with Gasteiger partial charge >= 0.3 is 0 Å². The Morgan fingerprint density at radius 2 is 2.05 bits per heavy atom. The molecule has 1 aromatic heterocycles. The van der Waals surface area contributed by atoms with Gasteiger partial charge in [-0.15, -0.1) is 5.10 Å². The van der Waals surface area contributed by atoms with E-state index in [1.54, 1.807) is 0 Å². The third-order valence-electron chi connectivity index (χ3n) is 3.13. The lowest BCUT2D eigenvalue weighted by molar-refractivity contribution is 0.0906. The van der Waals surface area contributed by atoms with Gasteiger partial charge in [0, 0.05) is 5.92 Å². The minimum Gasteiger partial charge on any atom is -0.394 e. The number of hydrogen-bond donors (Lipinski definition) is 3. The predicted molar refractivity (Wildman–Crippen MR) is 79.0 cm³/mol. The van der Waals surface area contributed by atoms with Crippen LogP contribution in [0.2, 0.25) is 0 Å². The summed E-state index contributed by atoms with van der Waals surface area (Å²) >= 11 is 0. The Bertz CT molecular complexity index is 580. The number of aliphatic hydroxyl groups is 1. The molecule has 0 aliphatic heterocycles. The van der Waals surface area contributed by atoms with Gasteiger partial charge in [-0.1, -0.05) is 44.2 Å². The average molecular weight is 288 g/mol. The Hall–Kier alpha value is -2.21. The van der Waals surface area contributed by atoms with Crippen molar-refractivity contribution in [2.24, 2.45) is 0 Å². The molecule has 0 bridgehead atoms. The number of carbonyl (C=O) groups excluding carboxylic acids is 1. The standard InChI is InChI=1S/C15H20N4O2/c1-10(2)13-17-14(19-18-13)15(21)16-12(9-20)8-11-6-4-3-5-7-11/h3-7,10,12,20H,8-9H2,1-2H3,(H,16,21)(H,17,18,19). The molecule has 0 radical (unpaired) electrons. The summed E-state index contributed by atoms with van der Waals surface area (Å²) in [6.07, 6.45) is 0.560. The maximum atomic E-state index is 12.1. The molecule has 0 spiro atoms. The Morgan fingerprint density at radius 1 is 1.33 bits per heavy atom. The van der Waals surface area contributed by atoms with E-state index in [9.17, 15) is 9.90 Å². The molecule has 0 saturated carbocycles. The molecule has 112 valence electrons. The van der Waals surface area contributed by atoms with Gasteiger partial charge < -0.3 is 10.4 Å². The van der Waals surface area contributed by atoms with Crippen molar-refractivity contribution in [2.45, 2.75) is 32.2 Å². The molecule has 0 fully saturated rings. The molecule has 1 atom stereocenters. The van der Waals surface area contributed by atoms with Gasteiger partial charge in [0.2, 0.25) is 5.82 Å². The molecule has 1 heterocycles. The topological polar surface area (TPSA) is 90.9 Å². The van der Waals surface area contributed by atoms with Crippen LogP contribution in [0.3, 0.4) is 0 Å². The van der Waals surface area contributed by atoms with E-state index in [2.05, 4.69) is 20.5 Å². The molecule has 6 heteroatoms. The van der Waals surface area contributed by atoms with Crippen molar-refractivity contribution in [3.63, 3.8) is 0 Å². The first-order valence-corrected chi connectivity index (χ1v) is 6.98. The van der Waals surface area contributed by atoms with E-state index in [-0.39, 0.29) is 30.3 Å². The molecule has 1 aromatic carbocycles. The second kappa shape index (κ2) is 6.99. The number of benzene rings is 1. The van der Waals surface area contributed by atoms with Crippen LogP contribution in [0.5, 0.6) is 0 Å². The first-order chi connectivity index (χ1) is 10.1. The zero-order valence-electron chi connectivity index (χ0n) is 12.2. The number of amides is 1. The van der Waals surface area contributed by atoms with Gasteiger partial charge in [-0.25, -0.2) is 4.98 Å². The van der Waals surface area contributed by atoms with Crippen LogP contribution in [-0.2, 0) is 6.42 Å². The maximum absolute atomic E-state index is 12.1. The van der Waals surface area contributed by atoms with Gasteiger partial charge in [0.05, 0.1) is 12.6 Å². The van der Waals surface area contributed by atoms with Gasteiger partial charge in [-0.3, -0.25) is 9.89 Å². The lowest BCUT2D eigenvalue weighted by atomic mass is 10.1. The highest BCUT2D eigenvalue weighted by Crippen LogP contribution is 2.08. The second-order valence-corrected chi connectivity index (χ2v) is 5.24. The summed E-state index contributed by atoms with van der Waals surface area (Å²) in [6.45, 7) is 3.80. The van der Waals surface area contributed by atoms with Crippen molar-refractivity contribution >= 4 is 5.91 Å². The molecule has 2 aromatic rings. The first kappa shape index (κ1) is 15.2. The van der Waals surface area contributed by atoms with Crippen LogP contribution in [0, 0.1) is 0 Å². The van der Waals surface area contributed by atoms with Crippen molar-refractivity contribution in [3.8, 4) is 0 Å². The Labute approximate surface area is 123 Å². The molecule has 2 rings (SSSR count). The number of aliphatic hydroxyl groups excluding tert-OH is 1. The van der Waals surface area contributed by atoms with Gasteiger partial charge in [0.15, 0.2) is 0 Å². The minimum absolute atomic E-state index is 0.102. The zero-order valence-corrected chi connectivity index (χ0v) is 12.2. The molecule has 0 saturated heterocycles. The summed E-state index contributed by atoms with van der Waals surface area (Å²) in [5, 5.41) is 18.8. The highest BCUT2D eigenvalue weighted by atomic mass is 16.3. The van der Waals surface area contributed by atoms with Crippen LogP contribution in [0.25, 0.3) is 0 Å². The Kier molecular flexibility index (Phi) is 5.05. The number of carbonyl (C=O) groups is 1. The monoisotopic (exact) mass is 288 g/mol. The number of nitrogens with one attached hydrogen (secondary N) is 2. The fourth-order valence-electron chi connectivity index (χ4n) is 1.94. The second-order valence-electron chi connectivity index (χ2n) is 5.24. The van der Waals surface area contributed by atoms with Crippen molar-refractivity contribution in [1.82, 2.24) is 20.5 Å². The van der Waals surface area contributed by atoms with Crippen LogP contribution in [0.1, 0.15) is 41.8 Å². The highest BCUT2D eigenvalue weighted by molar-refractivity contribution is 5.90. The molecular formula is C15H20N4O2. The van der Waals surface area contributed by atoms with Crippen LogP contribution in [0.4, 0.5) is 0 Å². The predicted octanol–water partition coefficient (Wildman–Crippen LogP) is 1.26. The fourth-order valence-corrected chi connectivity index (χ4v) is 1.94. The third-order valence-corrected chi connectivity index (χ3v) is 3.13. The summed E-state index contributed by atoms with van der Waals surface area (Å²) < 4.78 is 0. The SMILES string of the molecule is CC(C)c1nc(C(=O)NC(CO)Cc2ccccc2)n[nH]1. The first-order valence-electron chi connectivity index (χ1n) is 6.98. The molecule has 1 amide bonds. The van der Waals surface area contributed by atoms with Crippen molar-refractivity contribution in [1.29, 1.82) is 0 Å². The quantitative estimate of drug-likeness (QED) is 0.746. The molecule has 21 heavy (non-hydrogen) atoms. The number of aromatic nitrogens is 3. The van der Waals surface area contributed by atoms with Crippen LogP contribution in [-0.4, -0.2) is 38.8 Å². The van der Waals surface area contributed by atoms with E-state index in [1.165, 1.54) is 0 Å². The van der Waals surface area contributed by atoms with Gasteiger partial charge in [-0.2, -0.15) is 0 Å². The Balaban J connectivity index is 1.99. The third kappa shape index (κ3) is 4.13. The van der Waals surface area contributed by atoms with E-state index in [0.717, 1.165) is 5.56 Å². The number of aromatic amines is 1. The molecule has 1 unspecified atom stereocenters. The highest BCUT2D eigenvalue weighted by Gasteiger charge is 2.18. The van der Waals surface area contributed by atoms with Crippen molar-refractivity contribution < 1.29 is 9.90 Å². The van der Waals surface area contributed by atoms with Crippen LogP contribution < -0.4 is 5.32 Å². The number of nitrogens with zero attached hydrogens (tertiary/aromatic N) is 2. The number of rotatable bonds is 6. The van der Waals surface area contributed by atoms with Gasteiger partial charge in [0.1, 0.15) is 5.82 Å². The summed E-state index contributed by atoms with van der Waals surface area (Å²) in [7, 11) is 0. The van der Waals surface area contributed by atoms with Crippen molar-refractivity contribution in [2.75, 3.05) is 6.61 Å². The molecule has 0 aliphatic carbocycles. The van der Waals surface area contributed by atoms with Gasteiger partial charge in [-0.05, 0) is 12.0 Å². The van der Waals surface area contributed by atoms with E-state index in [1.807, 2.05) is 44.2 Å².